The third-order valence-electron chi connectivity index (χ3n) is 4.22. The van der Waals surface area contributed by atoms with Crippen molar-refractivity contribution in [2.24, 2.45) is 0 Å². The minimum absolute atomic E-state index is 0.0479. The molecule has 29 heavy (non-hydrogen) atoms. The molecular formula is C24H19BrO4. The lowest BCUT2D eigenvalue weighted by Crippen LogP contribution is -2.01. The number of hydrogen-bond acceptors (Lipinski definition) is 4. The molecule has 3 aromatic carbocycles. The minimum Gasteiger partial charge on any atom is -0.489 e. The Morgan fingerprint density at radius 3 is 2.10 bits per heavy atom. The Hall–Kier alpha value is -3.18. The summed E-state index contributed by atoms with van der Waals surface area (Å²) in [6.07, 6.45) is 3.33. The summed E-state index contributed by atoms with van der Waals surface area (Å²) in [5.74, 6) is 0.311. The Morgan fingerprint density at radius 1 is 0.862 bits per heavy atom. The second-order valence-corrected chi connectivity index (χ2v) is 7.17. The van der Waals surface area contributed by atoms with Crippen LogP contribution >= 0.6 is 15.9 Å². The van der Waals surface area contributed by atoms with Crippen LogP contribution in [0.15, 0.2) is 83.3 Å². The molecule has 0 spiro atoms. The quantitative estimate of drug-likeness (QED) is 0.262. The second kappa shape index (κ2) is 9.85. The van der Waals surface area contributed by atoms with Gasteiger partial charge >= 0.3 is 5.97 Å². The van der Waals surface area contributed by atoms with Gasteiger partial charge in [-0.05, 0) is 65.7 Å². The molecule has 4 nitrogen and oxygen atoms in total. The maximum absolute atomic E-state index is 12.2. The van der Waals surface area contributed by atoms with Gasteiger partial charge in [-0.15, -0.1) is 0 Å². The lowest BCUT2D eigenvalue weighted by Gasteiger charge is -2.07. The number of ether oxygens (including phenoxy) is 2. The van der Waals surface area contributed by atoms with Crippen LogP contribution in [0, 0.1) is 0 Å². The van der Waals surface area contributed by atoms with Crippen LogP contribution < -0.4 is 4.74 Å². The molecule has 0 saturated carbocycles. The summed E-state index contributed by atoms with van der Waals surface area (Å²) < 4.78 is 11.4. The van der Waals surface area contributed by atoms with Crippen molar-refractivity contribution < 1.29 is 19.1 Å². The first kappa shape index (κ1) is 20.6. The van der Waals surface area contributed by atoms with E-state index in [2.05, 4.69) is 20.7 Å². The first-order chi connectivity index (χ1) is 14.0. The molecule has 0 aliphatic carbocycles. The van der Waals surface area contributed by atoms with Crippen LogP contribution in [0.2, 0.25) is 0 Å². The number of hydrogen-bond donors (Lipinski definition) is 0. The summed E-state index contributed by atoms with van der Waals surface area (Å²) in [5.41, 5.74) is 3.00. The van der Waals surface area contributed by atoms with Gasteiger partial charge in [0.05, 0.1) is 12.7 Å². The van der Waals surface area contributed by atoms with Crippen molar-refractivity contribution in [2.45, 2.75) is 6.61 Å². The minimum atomic E-state index is -0.361. The third kappa shape index (κ3) is 5.90. The van der Waals surface area contributed by atoms with Crippen molar-refractivity contribution in [1.29, 1.82) is 0 Å². The van der Waals surface area contributed by atoms with Gasteiger partial charge in [0.15, 0.2) is 5.78 Å². The summed E-state index contributed by atoms with van der Waals surface area (Å²) in [6.45, 7) is 0.388. The topological polar surface area (TPSA) is 52.6 Å². The Labute approximate surface area is 177 Å². The highest BCUT2D eigenvalue weighted by molar-refractivity contribution is 9.10. The number of esters is 1. The Bertz CT molecular complexity index is 1000. The van der Waals surface area contributed by atoms with Crippen molar-refractivity contribution in [3.05, 3.63) is 106 Å². The molecule has 0 amide bonds. The van der Waals surface area contributed by atoms with Gasteiger partial charge in [0.1, 0.15) is 12.4 Å². The smallest absolute Gasteiger partial charge is 0.337 e. The number of methoxy groups -OCH3 is 1. The molecule has 5 heteroatoms. The third-order valence-corrected chi connectivity index (χ3v) is 4.75. The van der Waals surface area contributed by atoms with E-state index in [1.807, 2.05) is 48.5 Å². The second-order valence-electron chi connectivity index (χ2n) is 6.25. The van der Waals surface area contributed by atoms with Crippen LogP contribution in [0.25, 0.3) is 6.08 Å². The first-order valence-corrected chi connectivity index (χ1v) is 9.72. The average molecular weight is 451 g/mol. The van der Waals surface area contributed by atoms with Crippen LogP contribution in [-0.2, 0) is 11.3 Å². The van der Waals surface area contributed by atoms with Gasteiger partial charge in [-0.25, -0.2) is 4.79 Å². The van der Waals surface area contributed by atoms with E-state index in [0.717, 1.165) is 21.3 Å². The summed E-state index contributed by atoms with van der Waals surface area (Å²) in [7, 11) is 1.36. The fourth-order valence-corrected chi connectivity index (χ4v) is 2.84. The maximum atomic E-state index is 12.2. The number of halogens is 1. The highest BCUT2D eigenvalue weighted by Crippen LogP contribution is 2.16. The molecule has 3 aromatic rings. The number of ketones is 1. The summed E-state index contributed by atoms with van der Waals surface area (Å²) in [5, 5.41) is 0. The van der Waals surface area contributed by atoms with Crippen molar-refractivity contribution in [1.82, 2.24) is 0 Å². The average Bonchev–Trinajstić information content (AvgIpc) is 2.77. The fraction of sp³-hybridized carbons (Fsp3) is 0.0833. The molecule has 0 saturated heterocycles. The summed E-state index contributed by atoms with van der Waals surface area (Å²) in [6, 6.07) is 21.8. The highest BCUT2D eigenvalue weighted by atomic mass is 79.9. The van der Waals surface area contributed by atoms with Crippen LogP contribution in [0.4, 0.5) is 0 Å². The monoisotopic (exact) mass is 450 g/mol. The standard InChI is InChI=1S/C24H19BrO4/c1-28-24(27)20-7-2-18(3-8-20)16-29-22-13-4-17(5-14-22)6-15-23(26)19-9-11-21(25)12-10-19/h2-15H,16H2,1H3. The molecule has 3 rings (SSSR count). The number of rotatable bonds is 7. The van der Waals surface area contributed by atoms with Crippen LogP contribution in [0.1, 0.15) is 31.8 Å². The predicted molar refractivity (Wildman–Crippen MR) is 116 cm³/mol. The van der Waals surface area contributed by atoms with E-state index in [1.165, 1.54) is 7.11 Å². The number of carbonyl (C=O) groups is 2. The van der Waals surface area contributed by atoms with Crippen molar-refractivity contribution >= 4 is 33.8 Å². The van der Waals surface area contributed by atoms with Crippen molar-refractivity contribution in [3.8, 4) is 5.75 Å². The fourth-order valence-electron chi connectivity index (χ4n) is 2.58. The van der Waals surface area contributed by atoms with E-state index in [9.17, 15) is 9.59 Å². The first-order valence-electron chi connectivity index (χ1n) is 8.93. The molecule has 0 aromatic heterocycles. The zero-order chi connectivity index (χ0) is 20.6. The normalized spacial score (nSPS) is 10.7. The van der Waals surface area contributed by atoms with Crippen molar-refractivity contribution in [3.63, 3.8) is 0 Å². The van der Waals surface area contributed by atoms with Gasteiger partial charge in [-0.2, -0.15) is 0 Å². The van der Waals surface area contributed by atoms with Crippen molar-refractivity contribution in [2.75, 3.05) is 7.11 Å². The highest BCUT2D eigenvalue weighted by Gasteiger charge is 2.05. The SMILES string of the molecule is COC(=O)c1ccc(COc2ccc(C=CC(=O)c3ccc(Br)cc3)cc2)cc1. The maximum Gasteiger partial charge on any atom is 0.337 e. The van der Waals surface area contributed by atoms with Gasteiger partial charge in [0.2, 0.25) is 0 Å². The van der Waals surface area contributed by atoms with E-state index in [1.54, 1.807) is 36.4 Å². The lowest BCUT2D eigenvalue weighted by molar-refractivity contribution is 0.0600. The van der Waals surface area contributed by atoms with E-state index < -0.39 is 0 Å². The van der Waals surface area contributed by atoms with Gasteiger partial charge in [0.25, 0.3) is 0 Å². The Balaban J connectivity index is 1.55. The Kier molecular flexibility index (Phi) is 6.98. The zero-order valence-electron chi connectivity index (χ0n) is 15.8. The molecule has 0 bridgehead atoms. The van der Waals surface area contributed by atoms with Gasteiger partial charge in [0, 0.05) is 10.0 Å². The van der Waals surface area contributed by atoms with Gasteiger partial charge < -0.3 is 9.47 Å². The van der Waals surface area contributed by atoms with Gasteiger partial charge in [-0.3, -0.25) is 4.79 Å². The number of allylic oxidation sites excluding steroid dienone is 1. The zero-order valence-corrected chi connectivity index (χ0v) is 17.4. The molecule has 0 aliphatic rings. The van der Waals surface area contributed by atoms with E-state index in [4.69, 9.17) is 4.74 Å². The van der Waals surface area contributed by atoms with Crippen LogP contribution in [0.3, 0.4) is 0 Å². The predicted octanol–water partition coefficient (Wildman–Crippen LogP) is 5.71. The number of benzene rings is 3. The van der Waals surface area contributed by atoms with E-state index in [0.29, 0.717) is 17.7 Å². The van der Waals surface area contributed by atoms with Crippen LogP contribution in [-0.4, -0.2) is 18.9 Å². The van der Waals surface area contributed by atoms with E-state index >= 15 is 0 Å². The largest absolute Gasteiger partial charge is 0.489 e. The van der Waals surface area contributed by atoms with Gasteiger partial charge in [-0.1, -0.05) is 46.3 Å². The van der Waals surface area contributed by atoms with Crippen LogP contribution in [0.5, 0.6) is 5.75 Å². The molecule has 0 N–H and O–H groups in total. The molecule has 0 radical (unpaired) electrons. The number of carbonyl (C=O) groups excluding carboxylic acids is 2. The summed E-state index contributed by atoms with van der Waals surface area (Å²) in [4.78, 5) is 23.6. The lowest BCUT2D eigenvalue weighted by atomic mass is 10.1. The molecule has 0 atom stereocenters. The molecule has 146 valence electrons. The molecule has 0 fully saturated rings. The van der Waals surface area contributed by atoms with E-state index in [-0.39, 0.29) is 11.8 Å². The molecule has 0 unspecified atom stereocenters. The molecular weight excluding hydrogens is 432 g/mol. The Morgan fingerprint density at radius 2 is 1.48 bits per heavy atom. The molecule has 0 heterocycles. The molecule has 0 aliphatic heterocycles. The summed E-state index contributed by atoms with van der Waals surface area (Å²) >= 11 is 3.36.